The van der Waals surface area contributed by atoms with Gasteiger partial charge >= 0.3 is 5.97 Å². The van der Waals surface area contributed by atoms with Crippen molar-refractivity contribution in [3.8, 4) is 0 Å². The van der Waals surface area contributed by atoms with Gasteiger partial charge in [-0.3, -0.25) is 4.79 Å². The van der Waals surface area contributed by atoms with Gasteiger partial charge in [-0.25, -0.2) is 4.98 Å². The third-order valence-electron chi connectivity index (χ3n) is 4.59. The predicted molar refractivity (Wildman–Crippen MR) is 103 cm³/mol. The third-order valence-corrected chi connectivity index (χ3v) is 5.65. The van der Waals surface area contributed by atoms with Crippen LogP contribution in [0.4, 0.5) is 0 Å². The van der Waals surface area contributed by atoms with Gasteiger partial charge in [0.1, 0.15) is 0 Å². The first kappa shape index (κ1) is 21.1. The number of ether oxygens (including phenoxy) is 1. The van der Waals surface area contributed by atoms with E-state index in [2.05, 4.69) is 19.2 Å². The van der Waals surface area contributed by atoms with E-state index in [9.17, 15) is 4.79 Å². The summed E-state index contributed by atoms with van der Waals surface area (Å²) in [5.74, 6) is 0.419. The highest BCUT2D eigenvalue weighted by Crippen LogP contribution is 2.32. The van der Waals surface area contributed by atoms with E-state index in [4.69, 9.17) is 9.72 Å². The van der Waals surface area contributed by atoms with Crippen LogP contribution in [-0.2, 0) is 16.0 Å². The fourth-order valence-electron chi connectivity index (χ4n) is 3.07. The summed E-state index contributed by atoms with van der Waals surface area (Å²) >= 11 is 1.77. The average Bonchev–Trinajstić information content (AvgIpc) is 3.00. The molecule has 0 fully saturated rings. The molecule has 0 amide bonds. The molecule has 0 spiro atoms. The SMILES string of the molecule is CCCCCC(CCCCC)c1nc(CC(C)(C)C(=O)OC)cs1. The van der Waals surface area contributed by atoms with Gasteiger partial charge in [0, 0.05) is 17.7 Å². The second-order valence-corrected chi connectivity index (χ2v) is 8.31. The summed E-state index contributed by atoms with van der Waals surface area (Å²) in [5.41, 5.74) is 0.515. The number of methoxy groups -OCH3 is 1. The summed E-state index contributed by atoms with van der Waals surface area (Å²) in [6, 6.07) is 0. The molecule has 1 aromatic rings. The van der Waals surface area contributed by atoms with E-state index in [1.807, 2.05) is 13.8 Å². The maximum absolute atomic E-state index is 11.9. The van der Waals surface area contributed by atoms with E-state index in [0.29, 0.717) is 12.3 Å². The Labute approximate surface area is 152 Å². The fourth-order valence-corrected chi connectivity index (χ4v) is 4.06. The summed E-state index contributed by atoms with van der Waals surface area (Å²) in [6.45, 7) is 8.36. The maximum atomic E-state index is 11.9. The van der Waals surface area contributed by atoms with Crippen molar-refractivity contribution in [3.05, 3.63) is 16.1 Å². The second kappa shape index (κ2) is 10.9. The number of carbonyl (C=O) groups excluding carboxylic acids is 1. The van der Waals surface area contributed by atoms with Crippen LogP contribution in [0, 0.1) is 5.41 Å². The quantitative estimate of drug-likeness (QED) is 0.335. The molecule has 3 nitrogen and oxygen atoms in total. The normalized spacial score (nSPS) is 11.9. The van der Waals surface area contributed by atoms with Crippen LogP contribution in [0.2, 0.25) is 0 Å². The largest absolute Gasteiger partial charge is 0.469 e. The minimum atomic E-state index is -0.514. The molecule has 0 aromatic carbocycles. The van der Waals surface area contributed by atoms with Gasteiger partial charge < -0.3 is 4.74 Å². The Kier molecular flexibility index (Phi) is 9.57. The Balaban J connectivity index is 2.73. The van der Waals surface area contributed by atoms with Crippen LogP contribution in [0.25, 0.3) is 0 Å². The van der Waals surface area contributed by atoms with E-state index < -0.39 is 5.41 Å². The van der Waals surface area contributed by atoms with Crippen LogP contribution in [0.15, 0.2) is 5.38 Å². The van der Waals surface area contributed by atoms with Gasteiger partial charge in [0.15, 0.2) is 0 Å². The van der Waals surface area contributed by atoms with Crippen molar-refractivity contribution in [2.75, 3.05) is 7.11 Å². The molecule has 0 N–H and O–H groups in total. The average molecular weight is 354 g/mol. The number of hydrogen-bond donors (Lipinski definition) is 0. The van der Waals surface area contributed by atoms with Gasteiger partial charge in [-0.05, 0) is 26.7 Å². The Morgan fingerprint density at radius 3 is 2.25 bits per heavy atom. The highest BCUT2D eigenvalue weighted by atomic mass is 32.1. The highest BCUT2D eigenvalue weighted by Gasteiger charge is 2.30. The molecule has 24 heavy (non-hydrogen) atoms. The van der Waals surface area contributed by atoms with Crippen molar-refractivity contribution in [2.24, 2.45) is 5.41 Å². The van der Waals surface area contributed by atoms with Crippen LogP contribution >= 0.6 is 11.3 Å². The lowest BCUT2D eigenvalue weighted by molar-refractivity contribution is -0.150. The number of carbonyl (C=O) groups is 1. The lowest BCUT2D eigenvalue weighted by Gasteiger charge is -2.20. The van der Waals surface area contributed by atoms with Gasteiger partial charge in [0.2, 0.25) is 0 Å². The number of aromatic nitrogens is 1. The van der Waals surface area contributed by atoms with Crippen molar-refractivity contribution in [3.63, 3.8) is 0 Å². The van der Waals surface area contributed by atoms with E-state index in [0.717, 1.165) is 5.69 Å². The number of nitrogens with zero attached hydrogens (tertiary/aromatic N) is 1. The first-order chi connectivity index (χ1) is 11.4. The molecule has 0 aliphatic heterocycles. The van der Waals surface area contributed by atoms with Crippen LogP contribution in [-0.4, -0.2) is 18.1 Å². The molecule has 4 heteroatoms. The fraction of sp³-hybridized carbons (Fsp3) is 0.800. The van der Waals surface area contributed by atoms with Crippen LogP contribution in [0.1, 0.15) is 95.7 Å². The monoisotopic (exact) mass is 353 g/mol. The zero-order valence-corrected chi connectivity index (χ0v) is 17.0. The summed E-state index contributed by atoms with van der Waals surface area (Å²) in [7, 11) is 1.45. The van der Waals surface area contributed by atoms with Crippen molar-refractivity contribution in [2.45, 2.75) is 91.4 Å². The molecule has 1 aromatic heterocycles. The lowest BCUT2D eigenvalue weighted by Crippen LogP contribution is -2.28. The molecule has 0 saturated carbocycles. The first-order valence-corrected chi connectivity index (χ1v) is 10.3. The molecule has 0 aliphatic carbocycles. The smallest absolute Gasteiger partial charge is 0.311 e. The maximum Gasteiger partial charge on any atom is 0.311 e. The van der Waals surface area contributed by atoms with E-state index in [1.165, 1.54) is 63.5 Å². The second-order valence-electron chi connectivity index (χ2n) is 7.42. The summed E-state index contributed by atoms with van der Waals surface area (Å²) in [5, 5.41) is 3.39. The van der Waals surface area contributed by atoms with E-state index in [1.54, 1.807) is 11.3 Å². The zero-order valence-electron chi connectivity index (χ0n) is 16.2. The number of thiazole rings is 1. The van der Waals surface area contributed by atoms with Gasteiger partial charge in [-0.15, -0.1) is 11.3 Å². The Hall–Kier alpha value is -0.900. The Morgan fingerprint density at radius 2 is 1.75 bits per heavy atom. The number of hydrogen-bond acceptors (Lipinski definition) is 4. The molecular weight excluding hydrogens is 318 g/mol. The van der Waals surface area contributed by atoms with Crippen molar-refractivity contribution in [1.82, 2.24) is 4.98 Å². The van der Waals surface area contributed by atoms with Crippen LogP contribution < -0.4 is 0 Å². The molecule has 138 valence electrons. The molecular formula is C20H35NO2S. The topological polar surface area (TPSA) is 39.2 Å². The van der Waals surface area contributed by atoms with Gasteiger partial charge in [-0.1, -0.05) is 52.4 Å². The minimum absolute atomic E-state index is 0.167. The van der Waals surface area contributed by atoms with Crippen molar-refractivity contribution < 1.29 is 9.53 Å². The number of rotatable bonds is 12. The minimum Gasteiger partial charge on any atom is -0.469 e. The predicted octanol–water partition coefficient (Wildman–Crippen LogP) is 6.13. The molecule has 0 unspecified atom stereocenters. The van der Waals surface area contributed by atoms with Gasteiger partial charge in [0.05, 0.1) is 23.2 Å². The molecule has 0 saturated heterocycles. The van der Waals surface area contributed by atoms with Gasteiger partial charge in [-0.2, -0.15) is 0 Å². The number of esters is 1. The third kappa shape index (κ3) is 6.92. The molecule has 1 heterocycles. The zero-order chi connectivity index (χ0) is 18.0. The van der Waals surface area contributed by atoms with Crippen molar-refractivity contribution >= 4 is 17.3 Å². The summed E-state index contributed by atoms with van der Waals surface area (Å²) in [4.78, 5) is 16.8. The Morgan fingerprint density at radius 1 is 1.17 bits per heavy atom. The van der Waals surface area contributed by atoms with E-state index in [-0.39, 0.29) is 5.97 Å². The Bertz CT molecular complexity index is 472. The lowest BCUT2D eigenvalue weighted by atomic mass is 9.88. The van der Waals surface area contributed by atoms with Crippen LogP contribution in [0.3, 0.4) is 0 Å². The molecule has 0 radical (unpaired) electrons. The summed E-state index contributed by atoms with van der Waals surface area (Å²) < 4.78 is 4.91. The molecule has 0 bridgehead atoms. The highest BCUT2D eigenvalue weighted by molar-refractivity contribution is 7.09. The first-order valence-electron chi connectivity index (χ1n) is 9.47. The molecule has 1 rings (SSSR count). The van der Waals surface area contributed by atoms with E-state index >= 15 is 0 Å². The summed E-state index contributed by atoms with van der Waals surface area (Å²) in [6.07, 6.45) is 10.8. The number of unbranched alkanes of at least 4 members (excludes halogenated alkanes) is 4. The van der Waals surface area contributed by atoms with Crippen molar-refractivity contribution in [1.29, 1.82) is 0 Å². The molecule has 0 aliphatic rings. The standard InChI is InChI=1S/C20H35NO2S/c1-6-8-10-12-16(13-11-9-7-2)18-21-17(15-24-18)14-20(3,4)19(22)23-5/h15-16H,6-14H2,1-5H3. The van der Waals surface area contributed by atoms with Gasteiger partial charge in [0.25, 0.3) is 0 Å². The molecule has 0 atom stereocenters. The van der Waals surface area contributed by atoms with Crippen LogP contribution in [0.5, 0.6) is 0 Å².